The molecule has 22 heavy (non-hydrogen) atoms. The summed E-state index contributed by atoms with van der Waals surface area (Å²) in [6.07, 6.45) is 2.68. The number of aryl methyl sites for hydroxylation is 1. The molecule has 0 radical (unpaired) electrons. The minimum Gasteiger partial charge on any atom is -0.465 e. The van der Waals surface area contributed by atoms with E-state index in [2.05, 4.69) is 32.3 Å². The molecule has 3 aliphatic rings. The number of hydrogen-bond donors (Lipinski definition) is 0. The number of rotatable bonds is 4. The maximum atomic E-state index is 5.78. The fourth-order valence-corrected chi connectivity index (χ4v) is 4.46. The van der Waals surface area contributed by atoms with Crippen LogP contribution in [0.5, 0.6) is 0 Å². The molecule has 3 saturated heterocycles. The molecule has 5 heterocycles. The third-order valence-electron chi connectivity index (χ3n) is 4.93. The quantitative estimate of drug-likeness (QED) is 0.867. The molecule has 0 N–H and O–H groups in total. The molecule has 2 atom stereocenters. The summed E-state index contributed by atoms with van der Waals surface area (Å²) in [4.78, 5) is 9.68. The molecule has 2 bridgehead atoms. The van der Waals surface area contributed by atoms with Gasteiger partial charge in [-0.3, -0.25) is 9.80 Å². The van der Waals surface area contributed by atoms with Crippen LogP contribution in [0.15, 0.2) is 27.4 Å². The van der Waals surface area contributed by atoms with E-state index in [1.165, 1.54) is 31.6 Å². The summed E-state index contributed by atoms with van der Waals surface area (Å²) >= 11 is 1.69. The highest BCUT2D eigenvalue weighted by Crippen LogP contribution is 2.30. The number of aromatic nitrogens is 1. The molecule has 3 aliphatic heterocycles. The first-order valence-corrected chi connectivity index (χ1v) is 9.09. The summed E-state index contributed by atoms with van der Waals surface area (Å²) in [5.41, 5.74) is 3.16. The molecule has 5 heteroatoms. The molecule has 0 amide bonds. The van der Waals surface area contributed by atoms with Gasteiger partial charge in [0.05, 0.1) is 17.7 Å². The van der Waals surface area contributed by atoms with Gasteiger partial charge in [0, 0.05) is 37.6 Å². The fourth-order valence-electron chi connectivity index (χ4n) is 3.91. The van der Waals surface area contributed by atoms with Gasteiger partial charge in [0.25, 0.3) is 0 Å². The van der Waals surface area contributed by atoms with Gasteiger partial charge in [0.1, 0.15) is 11.5 Å². The average Bonchev–Trinajstić information content (AvgIpc) is 3.05. The van der Waals surface area contributed by atoms with Crippen LogP contribution in [0.4, 0.5) is 0 Å². The molecule has 4 nitrogen and oxygen atoms in total. The van der Waals surface area contributed by atoms with E-state index < -0.39 is 0 Å². The van der Waals surface area contributed by atoms with Crippen molar-refractivity contribution in [3.8, 4) is 0 Å². The Morgan fingerprint density at radius 1 is 1.23 bits per heavy atom. The van der Waals surface area contributed by atoms with Crippen molar-refractivity contribution < 1.29 is 4.42 Å². The van der Waals surface area contributed by atoms with Gasteiger partial charge < -0.3 is 4.42 Å². The highest BCUT2D eigenvalue weighted by atomic mass is 32.1. The van der Waals surface area contributed by atoms with Crippen LogP contribution < -0.4 is 0 Å². The van der Waals surface area contributed by atoms with E-state index >= 15 is 0 Å². The summed E-state index contributed by atoms with van der Waals surface area (Å²) in [5.74, 6) is 2.91. The Hall–Kier alpha value is -1.17. The molecule has 3 fully saturated rings. The highest BCUT2D eigenvalue weighted by Gasteiger charge is 2.35. The van der Waals surface area contributed by atoms with E-state index in [0.717, 1.165) is 37.1 Å². The normalized spacial score (nSPS) is 26.4. The Kier molecular flexibility index (Phi) is 4.03. The van der Waals surface area contributed by atoms with Crippen molar-refractivity contribution in [2.45, 2.75) is 38.9 Å². The van der Waals surface area contributed by atoms with E-state index in [4.69, 9.17) is 4.42 Å². The van der Waals surface area contributed by atoms with Crippen LogP contribution >= 0.6 is 11.3 Å². The van der Waals surface area contributed by atoms with Gasteiger partial charge in [0.2, 0.25) is 0 Å². The van der Waals surface area contributed by atoms with Gasteiger partial charge in [-0.05, 0) is 37.8 Å². The van der Waals surface area contributed by atoms with Crippen LogP contribution in [0.25, 0.3) is 0 Å². The first-order valence-electron chi connectivity index (χ1n) is 8.15. The maximum Gasteiger partial charge on any atom is 0.118 e. The SMILES string of the molecule is Cc1ccc(CN2C[C@H]3CC[C@@H]2CN(Cc2cscn2)C3)o1. The second-order valence-electron chi connectivity index (χ2n) is 6.71. The number of nitrogens with zero attached hydrogens (tertiary/aromatic N) is 3. The van der Waals surface area contributed by atoms with Crippen molar-refractivity contribution in [1.29, 1.82) is 0 Å². The molecule has 118 valence electrons. The number of furan rings is 1. The van der Waals surface area contributed by atoms with E-state index in [-0.39, 0.29) is 0 Å². The van der Waals surface area contributed by atoms with Crippen LogP contribution in [0.2, 0.25) is 0 Å². The van der Waals surface area contributed by atoms with E-state index in [1.54, 1.807) is 11.3 Å². The van der Waals surface area contributed by atoms with E-state index in [1.807, 2.05) is 12.4 Å². The van der Waals surface area contributed by atoms with Gasteiger partial charge in [-0.15, -0.1) is 11.3 Å². The minimum absolute atomic E-state index is 0.655. The molecule has 0 spiro atoms. The van der Waals surface area contributed by atoms with E-state index in [0.29, 0.717) is 6.04 Å². The molecule has 2 aromatic heterocycles. The number of fused-ring (bicyclic) bond motifs is 4. The van der Waals surface area contributed by atoms with Gasteiger partial charge in [0.15, 0.2) is 0 Å². The van der Waals surface area contributed by atoms with Crippen LogP contribution in [0.1, 0.15) is 30.1 Å². The Balaban J connectivity index is 1.44. The van der Waals surface area contributed by atoms with Crippen molar-refractivity contribution >= 4 is 11.3 Å². The Morgan fingerprint density at radius 2 is 2.18 bits per heavy atom. The zero-order valence-corrected chi connectivity index (χ0v) is 13.9. The minimum atomic E-state index is 0.655. The highest BCUT2D eigenvalue weighted by molar-refractivity contribution is 7.07. The van der Waals surface area contributed by atoms with E-state index in [9.17, 15) is 0 Å². The monoisotopic (exact) mass is 317 g/mol. The third-order valence-corrected chi connectivity index (χ3v) is 5.56. The largest absolute Gasteiger partial charge is 0.465 e. The maximum absolute atomic E-state index is 5.78. The average molecular weight is 317 g/mol. The second kappa shape index (κ2) is 6.14. The van der Waals surface area contributed by atoms with Crippen molar-refractivity contribution in [2.75, 3.05) is 19.6 Å². The first-order chi connectivity index (χ1) is 10.8. The Labute approximate surface area is 135 Å². The molecule has 5 rings (SSSR count). The van der Waals surface area contributed by atoms with Crippen molar-refractivity contribution in [1.82, 2.24) is 14.8 Å². The lowest BCUT2D eigenvalue weighted by atomic mass is 9.95. The summed E-state index contributed by atoms with van der Waals surface area (Å²) in [5, 5.41) is 2.18. The number of thiazole rings is 1. The standard InChI is InChI=1S/C17H23N3OS/c1-13-2-5-17(21-13)10-20-7-14-3-4-16(20)9-19(6-14)8-15-11-22-12-18-15/h2,5,11-12,14,16H,3-4,6-10H2,1H3/t14-,16+/m0/s1. The van der Waals surface area contributed by atoms with Gasteiger partial charge >= 0.3 is 0 Å². The van der Waals surface area contributed by atoms with Gasteiger partial charge in [-0.1, -0.05) is 0 Å². The molecular weight excluding hydrogens is 294 g/mol. The molecule has 0 aromatic carbocycles. The summed E-state index contributed by atoms with van der Waals surface area (Å²) < 4.78 is 5.78. The first kappa shape index (κ1) is 14.4. The zero-order chi connectivity index (χ0) is 14.9. The van der Waals surface area contributed by atoms with Crippen LogP contribution in [-0.4, -0.2) is 40.5 Å². The molecule has 0 aliphatic carbocycles. The number of hydrogen-bond acceptors (Lipinski definition) is 5. The van der Waals surface area contributed by atoms with Gasteiger partial charge in [-0.25, -0.2) is 4.98 Å². The van der Waals surface area contributed by atoms with Crippen LogP contribution in [-0.2, 0) is 13.1 Å². The van der Waals surface area contributed by atoms with Crippen LogP contribution in [0, 0.1) is 12.8 Å². The smallest absolute Gasteiger partial charge is 0.118 e. The lowest BCUT2D eigenvalue weighted by molar-refractivity contribution is 0.114. The molecule has 2 aromatic rings. The molecule has 0 saturated carbocycles. The zero-order valence-electron chi connectivity index (χ0n) is 13.1. The Morgan fingerprint density at radius 3 is 2.95 bits per heavy atom. The lowest BCUT2D eigenvalue weighted by Gasteiger charge is -2.35. The lowest BCUT2D eigenvalue weighted by Crippen LogP contribution is -2.43. The third kappa shape index (κ3) is 3.12. The summed E-state index contributed by atoms with van der Waals surface area (Å²) in [7, 11) is 0. The topological polar surface area (TPSA) is 32.5 Å². The summed E-state index contributed by atoms with van der Waals surface area (Å²) in [6.45, 7) is 7.56. The van der Waals surface area contributed by atoms with Crippen molar-refractivity contribution in [3.63, 3.8) is 0 Å². The van der Waals surface area contributed by atoms with Crippen LogP contribution in [0.3, 0.4) is 0 Å². The predicted octanol–water partition coefficient (Wildman–Crippen LogP) is 3.14. The number of piperidine rings is 1. The predicted molar refractivity (Wildman–Crippen MR) is 87.8 cm³/mol. The fraction of sp³-hybridized carbons (Fsp3) is 0.588. The van der Waals surface area contributed by atoms with Crippen molar-refractivity contribution in [3.05, 3.63) is 40.2 Å². The summed E-state index contributed by atoms with van der Waals surface area (Å²) in [6, 6.07) is 4.85. The Bertz CT molecular complexity index is 609. The molecular formula is C17H23N3OS. The molecule has 0 unspecified atom stereocenters. The van der Waals surface area contributed by atoms with Crippen molar-refractivity contribution in [2.24, 2.45) is 5.92 Å². The second-order valence-corrected chi connectivity index (χ2v) is 7.43. The van der Waals surface area contributed by atoms with Gasteiger partial charge in [-0.2, -0.15) is 0 Å².